The van der Waals surface area contributed by atoms with E-state index in [1.165, 1.54) is 12.1 Å². The van der Waals surface area contributed by atoms with Crippen LogP contribution in [-0.2, 0) is 6.18 Å². The molecular weight excluding hydrogens is 373 g/mol. The molecule has 1 saturated heterocycles. The molecule has 150 valence electrons. The molecule has 1 aliphatic heterocycles. The van der Waals surface area contributed by atoms with Crippen LogP contribution in [0.4, 0.5) is 13.2 Å². The van der Waals surface area contributed by atoms with Crippen LogP contribution in [0.2, 0.25) is 0 Å². The van der Waals surface area contributed by atoms with Crippen LogP contribution >= 0.6 is 0 Å². The average molecular weight is 394 g/mol. The van der Waals surface area contributed by atoms with Crippen LogP contribution in [0.1, 0.15) is 41.6 Å². The number of nitrogens with zero attached hydrogens (tertiary/aromatic N) is 3. The lowest BCUT2D eigenvalue weighted by atomic mass is 10.1. The topological polar surface area (TPSA) is 71.1 Å². The lowest BCUT2D eigenvalue weighted by molar-refractivity contribution is -0.142. The van der Waals surface area contributed by atoms with Crippen molar-refractivity contribution in [3.05, 3.63) is 41.5 Å². The number of carbonyl (C=O) groups is 1. The molecule has 1 amide bonds. The number of carbonyl (C=O) groups excluding carboxylic acids is 1. The standard InChI is InChI=1S/C19H21F3N4O2/c1-10(2)14-6-15(25-24-14)18(27)26-7-11-12(8-26)13(11)9-28-16-4-3-5-23-17(16)19(20,21)22/h3-6,10-13H,7-9H2,1-2H3,(H,24,25)/t11-,12+,13-. The summed E-state index contributed by atoms with van der Waals surface area (Å²) in [7, 11) is 0. The number of halogens is 3. The smallest absolute Gasteiger partial charge is 0.437 e. The van der Waals surface area contributed by atoms with E-state index >= 15 is 0 Å². The number of aromatic amines is 1. The van der Waals surface area contributed by atoms with Gasteiger partial charge in [-0.25, -0.2) is 4.98 Å². The molecule has 3 heterocycles. The second kappa shape index (κ2) is 6.79. The predicted molar refractivity (Wildman–Crippen MR) is 93.8 cm³/mol. The number of H-pyrrole nitrogens is 1. The maximum atomic E-state index is 13.0. The summed E-state index contributed by atoms with van der Waals surface area (Å²) in [5, 5.41) is 6.95. The zero-order chi connectivity index (χ0) is 20.1. The van der Waals surface area contributed by atoms with Crippen molar-refractivity contribution >= 4 is 5.91 Å². The number of amides is 1. The molecule has 2 fully saturated rings. The van der Waals surface area contributed by atoms with E-state index in [1.807, 2.05) is 13.8 Å². The summed E-state index contributed by atoms with van der Waals surface area (Å²) in [4.78, 5) is 17.7. The number of ether oxygens (including phenoxy) is 1. The largest absolute Gasteiger partial charge is 0.491 e. The fourth-order valence-electron chi connectivity index (χ4n) is 3.88. The van der Waals surface area contributed by atoms with Crippen molar-refractivity contribution in [2.24, 2.45) is 17.8 Å². The van der Waals surface area contributed by atoms with Crippen molar-refractivity contribution in [2.45, 2.75) is 25.9 Å². The van der Waals surface area contributed by atoms with Gasteiger partial charge in [0, 0.05) is 25.2 Å². The van der Waals surface area contributed by atoms with E-state index in [4.69, 9.17) is 4.74 Å². The SMILES string of the molecule is CC(C)c1cc(C(=O)N2C[C@@H]3[C@H](COc4cccnc4C(F)(F)F)[C@@H]3C2)[nH]n1. The minimum atomic E-state index is -4.54. The molecule has 0 unspecified atom stereocenters. The molecule has 0 radical (unpaired) electrons. The minimum Gasteiger partial charge on any atom is -0.491 e. The summed E-state index contributed by atoms with van der Waals surface area (Å²) >= 11 is 0. The third-order valence-electron chi connectivity index (χ3n) is 5.55. The highest BCUT2D eigenvalue weighted by molar-refractivity contribution is 5.92. The maximum absolute atomic E-state index is 13.0. The Morgan fingerprint density at radius 3 is 2.68 bits per heavy atom. The zero-order valence-corrected chi connectivity index (χ0v) is 15.5. The first kappa shape index (κ1) is 18.8. The molecule has 0 bridgehead atoms. The number of likely N-dealkylation sites (tertiary alicyclic amines) is 1. The van der Waals surface area contributed by atoms with E-state index in [0.29, 0.717) is 18.8 Å². The van der Waals surface area contributed by atoms with Gasteiger partial charge in [0.2, 0.25) is 0 Å². The Balaban J connectivity index is 1.32. The van der Waals surface area contributed by atoms with Crippen molar-refractivity contribution in [1.82, 2.24) is 20.1 Å². The Hall–Kier alpha value is -2.58. The van der Waals surface area contributed by atoms with E-state index in [1.54, 1.807) is 11.0 Å². The number of nitrogens with one attached hydrogen (secondary N) is 1. The highest BCUT2D eigenvalue weighted by Gasteiger charge is 2.57. The van der Waals surface area contributed by atoms with E-state index in [2.05, 4.69) is 15.2 Å². The lowest BCUT2D eigenvalue weighted by Crippen LogP contribution is -2.32. The van der Waals surface area contributed by atoms with Crippen LogP contribution in [0.5, 0.6) is 5.75 Å². The normalized spacial score (nSPS) is 23.8. The summed E-state index contributed by atoms with van der Waals surface area (Å²) < 4.78 is 44.4. The third kappa shape index (κ3) is 3.45. The number of hydrogen-bond donors (Lipinski definition) is 1. The van der Waals surface area contributed by atoms with Gasteiger partial charge in [-0.3, -0.25) is 9.89 Å². The maximum Gasteiger partial charge on any atom is 0.437 e. The predicted octanol–water partition coefficient (Wildman–Crippen LogP) is 3.34. The molecule has 1 saturated carbocycles. The summed E-state index contributed by atoms with van der Waals surface area (Å²) in [6, 6.07) is 4.49. The highest BCUT2D eigenvalue weighted by Crippen LogP contribution is 2.52. The van der Waals surface area contributed by atoms with Gasteiger partial charge >= 0.3 is 6.18 Å². The summed E-state index contributed by atoms with van der Waals surface area (Å²) in [5.41, 5.74) is 0.316. The molecule has 2 aromatic rings. The van der Waals surface area contributed by atoms with Crippen molar-refractivity contribution in [2.75, 3.05) is 19.7 Å². The summed E-state index contributed by atoms with van der Waals surface area (Å²) in [6.07, 6.45) is -3.44. The van der Waals surface area contributed by atoms with E-state index in [9.17, 15) is 18.0 Å². The zero-order valence-electron chi connectivity index (χ0n) is 15.5. The van der Waals surface area contributed by atoms with Crippen molar-refractivity contribution in [3.8, 4) is 5.75 Å². The Bertz CT molecular complexity index is 868. The number of alkyl halides is 3. The van der Waals surface area contributed by atoms with Crippen LogP contribution in [0.3, 0.4) is 0 Å². The molecule has 2 aliphatic rings. The van der Waals surface area contributed by atoms with E-state index in [0.717, 1.165) is 11.9 Å². The first-order valence-electron chi connectivity index (χ1n) is 9.25. The van der Waals surface area contributed by atoms with Gasteiger partial charge in [0.05, 0.1) is 12.3 Å². The molecule has 6 nitrogen and oxygen atoms in total. The van der Waals surface area contributed by atoms with E-state index < -0.39 is 11.9 Å². The number of hydrogen-bond acceptors (Lipinski definition) is 4. The van der Waals surface area contributed by atoms with E-state index in [-0.39, 0.29) is 41.9 Å². The molecule has 0 spiro atoms. The van der Waals surface area contributed by atoms with Gasteiger partial charge in [-0.1, -0.05) is 13.8 Å². The van der Waals surface area contributed by atoms with Crippen molar-refractivity contribution in [3.63, 3.8) is 0 Å². The lowest BCUT2D eigenvalue weighted by Gasteiger charge is -2.19. The number of aromatic nitrogens is 3. The molecule has 1 N–H and O–H groups in total. The number of pyridine rings is 1. The fraction of sp³-hybridized carbons (Fsp3) is 0.526. The molecule has 0 aromatic carbocycles. The fourth-order valence-corrected chi connectivity index (χ4v) is 3.88. The van der Waals surface area contributed by atoms with Gasteiger partial charge in [-0.2, -0.15) is 18.3 Å². The molecule has 28 heavy (non-hydrogen) atoms. The third-order valence-corrected chi connectivity index (χ3v) is 5.55. The molecule has 9 heteroatoms. The van der Waals surface area contributed by atoms with Crippen molar-refractivity contribution in [1.29, 1.82) is 0 Å². The average Bonchev–Trinajstić information content (AvgIpc) is 3.05. The Kier molecular flexibility index (Phi) is 4.55. The van der Waals surface area contributed by atoms with Crippen LogP contribution in [0.25, 0.3) is 0 Å². The number of rotatable bonds is 5. The van der Waals surface area contributed by atoms with Gasteiger partial charge in [0.15, 0.2) is 5.69 Å². The van der Waals surface area contributed by atoms with Gasteiger partial charge < -0.3 is 9.64 Å². The molecule has 4 rings (SSSR count). The van der Waals surface area contributed by atoms with Gasteiger partial charge in [0.25, 0.3) is 5.91 Å². The quantitative estimate of drug-likeness (QED) is 0.844. The number of fused-ring (bicyclic) bond motifs is 1. The van der Waals surface area contributed by atoms with Gasteiger partial charge in [-0.05, 0) is 36.0 Å². The van der Waals surface area contributed by atoms with Crippen molar-refractivity contribution < 1.29 is 22.7 Å². The Labute approximate surface area is 160 Å². The highest BCUT2D eigenvalue weighted by atomic mass is 19.4. The van der Waals surface area contributed by atoms with Gasteiger partial charge in [0.1, 0.15) is 11.4 Å². The van der Waals surface area contributed by atoms with Gasteiger partial charge in [-0.15, -0.1) is 0 Å². The van der Waals surface area contributed by atoms with Crippen LogP contribution in [0, 0.1) is 17.8 Å². The van der Waals surface area contributed by atoms with Crippen LogP contribution in [0.15, 0.2) is 24.4 Å². The summed E-state index contributed by atoms with van der Waals surface area (Å²) in [5.74, 6) is 0.605. The number of piperidine rings is 1. The second-order valence-electron chi connectivity index (χ2n) is 7.72. The molecule has 2 aromatic heterocycles. The molecule has 1 aliphatic carbocycles. The minimum absolute atomic E-state index is 0.0853. The Morgan fingerprint density at radius 2 is 2.07 bits per heavy atom. The Morgan fingerprint density at radius 1 is 1.36 bits per heavy atom. The van der Waals surface area contributed by atoms with Crippen LogP contribution < -0.4 is 4.74 Å². The molecule has 3 atom stereocenters. The monoisotopic (exact) mass is 394 g/mol. The summed E-state index contributed by atoms with van der Waals surface area (Å²) in [6.45, 7) is 5.40. The first-order valence-corrected chi connectivity index (χ1v) is 9.25. The molecular formula is C19H21F3N4O2. The van der Waals surface area contributed by atoms with Crippen LogP contribution in [-0.4, -0.2) is 45.7 Å². The second-order valence-corrected chi connectivity index (χ2v) is 7.72. The first-order chi connectivity index (χ1) is 13.3.